The van der Waals surface area contributed by atoms with E-state index in [-0.39, 0.29) is 17.8 Å². The van der Waals surface area contributed by atoms with Gasteiger partial charge in [-0.3, -0.25) is 5.32 Å². The highest BCUT2D eigenvalue weighted by atomic mass is 35.5. The van der Waals surface area contributed by atoms with Crippen LogP contribution in [0.25, 0.3) is 0 Å². The molecular formula is C27H43ClN4O2S. The van der Waals surface area contributed by atoms with Gasteiger partial charge < -0.3 is 14.9 Å². The van der Waals surface area contributed by atoms with Crippen molar-refractivity contribution in [3.8, 4) is 0 Å². The van der Waals surface area contributed by atoms with Gasteiger partial charge in [0.15, 0.2) is 5.13 Å². The first-order valence-electron chi connectivity index (χ1n) is 13.5. The number of aromatic nitrogens is 1. The number of amides is 2. The number of nitrogens with zero attached hydrogens (tertiary/aromatic N) is 3. The van der Waals surface area contributed by atoms with Crippen molar-refractivity contribution in [2.45, 2.75) is 109 Å². The molecule has 8 heteroatoms. The van der Waals surface area contributed by atoms with Gasteiger partial charge in [-0.15, -0.1) is 0 Å². The van der Waals surface area contributed by atoms with Crippen molar-refractivity contribution in [3.05, 3.63) is 34.1 Å². The maximum Gasteiger partial charge on any atom is 0.324 e. The van der Waals surface area contributed by atoms with E-state index in [0.717, 1.165) is 51.6 Å². The number of aliphatic hydroxyl groups excluding tert-OH is 1. The van der Waals surface area contributed by atoms with Crippen LogP contribution in [0, 0.1) is 0 Å². The zero-order valence-corrected chi connectivity index (χ0v) is 23.1. The third-order valence-corrected chi connectivity index (χ3v) is 7.95. The highest BCUT2D eigenvalue weighted by Gasteiger charge is 2.35. The number of carbonyl (C=O) groups excluding carboxylic acids is 1. The Hall–Kier alpha value is -1.73. The average molecular weight is 523 g/mol. The van der Waals surface area contributed by atoms with Gasteiger partial charge in [-0.2, -0.15) is 0 Å². The third-order valence-electron chi connectivity index (χ3n) is 6.92. The highest BCUT2D eigenvalue weighted by Crippen LogP contribution is 2.37. The number of urea groups is 1. The summed E-state index contributed by atoms with van der Waals surface area (Å²) in [7, 11) is 0. The van der Waals surface area contributed by atoms with Gasteiger partial charge in [0.1, 0.15) is 4.34 Å². The van der Waals surface area contributed by atoms with Crippen LogP contribution in [0.15, 0.2) is 29.8 Å². The molecule has 0 radical (unpaired) electrons. The van der Waals surface area contributed by atoms with Gasteiger partial charge in [-0.05, 0) is 51.4 Å². The van der Waals surface area contributed by atoms with E-state index in [4.69, 9.17) is 11.6 Å². The number of halogens is 1. The predicted octanol–water partition coefficient (Wildman–Crippen LogP) is 8.13. The molecule has 1 saturated heterocycles. The molecule has 3 aliphatic rings. The fourth-order valence-corrected chi connectivity index (χ4v) is 6.04. The summed E-state index contributed by atoms with van der Waals surface area (Å²) in [5.74, 6) is 0.277. The summed E-state index contributed by atoms with van der Waals surface area (Å²) in [4.78, 5) is 22.2. The second kappa shape index (κ2) is 14.1. The number of likely N-dealkylation sites (tertiary alicyclic amines) is 1. The second-order valence-electron chi connectivity index (χ2n) is 9.99. The van der Waals surface area contributed by atoms with E-state index >= 15 is 0 Å². The van der Waals surface area contributed by atoms with Crippen LogP contribution in [0.2, 0.25) is 4.34 Å². The summed E-state index contributed by atoms with van der Waals surface area (Å²) in [5, 5.41) is 13.0. The van der Waals surface area contributed by atoms with Crippen molar-refractivity contribution in [2.24, 2.45) is 0 Å². The van der Waals surface area contributed by atoms with Crippen molar-refractivity contribution in [1.29, 1.82) is 0 Å². The highest BCUT2D eigenvalue weighted by molar-refractivity contribution is 7.19. The third kappa shape index (κ3) is 8.71. The van der Waals surface area contributed by atoms with Gasteiger partial charge in [-0.1, -0.05) is 74.6 Å². The minimum atomic E-state index is -0.0244. The number of aliphatic hydroxyl groups is 1. The molecule has 0 atom stereocenters. The van der Waals surface area contributed by atoms with Gasteiger partial charge in [-0.25, -0.2) is 9.78 Å². The Morgan fingerprint density at radius 1 is 1.17 bits per heavy atom. The van der Waals surface area contributed by atoms with Gasteiger partial charge in [0.05, 0.1) is 12.0 Å². The first-order valence-corrected chi connectivity index (χ1v) is 14.7. The van der Waals surface area contributed by atoms with Crippen LogP contribution in [-0.4, -0.2) is 51.1 Å². The number of hydrogen-bond acceptors (Lipinski definition) is 5. The van der Waals surface area contributed by atoms with E-state index in [9.17, 15) is 9.90 Å². The molecule has 0 bridgehead atoms. The maximum atomic E-state index is 13.3. The Morgan fingerprint density at radius 3 is 2.34 bits per heavy atom. The van der Waals surface area contributed by atoms with E-state index < -0.39 is 0 Å². The van der Waals surface area contributed by atoms with Crippen molar-refractivity contribution in [1.82, 2.24) is 14.8 Å². The molecule has 0 aromatic carbocycles. The summed E-state index contributed by atoms with van der Waals surface area (Å²) in [6.45, 7) is 9.85. The van der Waals surface area contributed by atoms with Crippen molar-refractivity contribution in [3.63, 3.8) is 0 Å². The van der Waals surface area contributed by atoms with Crippen LogP contribution in [0.4, 0.5) is 9.93 Å². The van der Waals surface area contributed by atoms with Crippen molar-refractivity contribution in [2.75, 3.05) is 18.4 Å². The Kier molecular flexibility index (Phi) is 11.2. The molecule has 2 amide bonds. The fourth-order valence-electron chi connectivity index (χ4n) is 5.24. The smallest absolute Gasteiger partial charge is 0.324 e. The number of carbonyl (C=O) groups is 1. The minimum Gasteiger partial charge on any atom is -0.513 e. The molecule has 35 heavy (non-hydrogen) atoms. The molecule has 1 aliphatic heterocycles. The lowest BCUT2D eigenvalue weighted by Crippen LogP contribution is -2.53. The van der Waals surface area contributed by atoms with Gasteiger partial charge >= 0.3 is 6.03 Å². The minimum absolute atomic E-state index is 0.0244. The molecule has 196 valence electrons. The fraction of sp³-hybridized carbons (Fsp3) is 0.704. The molecule has 2 aliphatic carbocycles. The van der Waals surface area contributed by atoms with Crippen molar-refractivity contribution >= 4 is 34.1 Å². The molecular weight excluding hydrogens is 480 g/mol. The zero-order chi connectivity index (χ0) is 25.2. The first-order chi connectivity index (χ1) is 16.9. The molecule has 2 saturated carbocycles. The van der Waals surface area contributed by atoms with E-state index in [1.165, 1.54) is 55.6 Å². The van der Waals surface area contributed by atoms with Crippen LogP contribution in [0.1, 0.15) is 97.3 Å². The Labute approximate surface area is 220 Å². The Bertz CT molecular complexity index is 851. The van der Waals surface area contributed by atoms with Crippen LogP contribution in [0.3, 0.4) is 0 Å². The van der Waals surface area contributed by atoms with Gasteiger partial charge in [0.25, 0.3) is 0 Å². The molecule has 0 spiro atoms. The molecule has 3 fully saturated rings. The summed E-state index contributed by atoms with van der Waals surface area (Å²) in [6.07, 6.45) is 15.7. The van der Waals surface area contributed by atoms with E-state index in [1.54, 1.807) is 11.8 Å². The van der Waals surface area contributed by atoms with Crippen LogP contribution in [-0.2, 0) is 0 Å². The lowest BCUT2D eigenvalue weighted by atomic mass is 9.91. The normalized spacial score (nSPS) is 18.5. The number of anilines is 1. The number of rotatable bonds is 8. The number of nitrogens with one attached hydrogen (secondary N) is 1. The summed E-state index contributed by atoms with van der Waals surface area (Å²) in [5.41, 5.74) is 3.06. The molecule has 1 aromatic rings. The predicted molar refractivity (Wildman–Crippen MR) is 147 cm³/mol. The average Bonchev–Trinajstić information content (AvgIpc) is 3.60. The number of allylic oxidation sites excluding steroid dienone is 3. The number of thiazole rings is 1. The van der Waals surface area contributed by atoms with Crippen LogP contribution >= 0.6 is 22.9 Å². The summed E-state index contributed by atoms with van der Waals surface area (Å²) >= 11 is 7.32. The topological polar surface area (TPSA) is 68.7 Å². The molecule has 4 rings (SSSR count). The lowest BCUT2D eigenvalue weighted by molar-refractivity contribution is 0.0957. The number of hydrogen-bond donors (Lipinski definition) is 2. The zero-order valence-electron chi connectivity index (χ0n) is 21.5. The van der Waals surface area contributed by atoms with Crippen molar-refractivity contribution < 1.29 is 9.90 Å². The molecule has 6 nitrogen and oxygen atoms in total. The lowest BCUT2D eigenvalue weighted by Gasteiger charge is -2.44. The second-order valence-corrected chi connectivity index (χ2v) is 11.7. The molecule has 0 unspecified atom stereocenters. The molecule has 2 heterocycles. The van der Waals surface area contributed by atoms with E-state index in [1.807, 2.05) is 0 Å². The molecule has 2 N–H and O–H groups in total. The SMILES string of the molecule is C=C(O)CCCC(=C1CC1)N1CCC(N(C(=O)Nc2ncc(Cl)s2)C2CCCCC2)CC1.CCC. The quantitative estimate of drug-likeness (QED) is 0.338. The Morgan fingerprint density at radius 2 is 1.80 bits per heavy atom. The summed E-state index contributed by atoms with van der Waals surface area (Å²) in [6, 6.07) is 0.545. The van der Waals surface area contributed by atoms with Crippen LogP contribution < -0.4 is 5.32 Å². The molecule has 1 aromatic heterocycles. The number of piperidine rings is 1. The van der Waals surface area contributed by atoms with E-state index in [2.05, 4.69) is 40.5 Å². The first kappa shape index (κ1) is 27.9. The van der Waals surface area contributed by atoms with Gasteiger partial charge in [0.2, 0.25) is 0 Å². The van der Waals surface area contributed by atoms with Gasteiger partial charge in [0, 0.05) is 37.3 Å². The Balaban J connectivity index is 0.00000108. The monoisotopic (exact) mass is 522 g/mol. The maximum absolute atomic E-state index is 13.3. The van der Waals surface area contributed by atoms with Crippen LogP contribution in [0.5, 0.6) is 0 Å². The van der Waals surface area contributed by atoms with E-state index in [0.29, 0.717) is 21.9 Å². The largest absolute Gasteiger partial charge is 0.513 e. The summed E-state index contributed by atoms with van der Waals surface area (Å²) < 4.78 is 0.586. The standard InChI is InChI=1S/C24H35ClN4O2S.C3H8/c1-17(30)6-5-9-21(18-10-11-18)28-14-12-20(13-15-28)29(19-7-3-2-4-8-19)24(31)27-23-26-16-22(25)32-23;1-3-2/h16,19-20,30H,1-15H2,(H,26,27,31);3H2,1-2H3.